The minimum Gasteiger partial charge on any atom is -0.507 e. The van der Waals surface area contributed by atoms with Gasteiger partial charge in [-0.15, -0.1) is 0 Å². The molecule has 1 aromatic carbocycles. The van der Waals surface area contributed by atoms with Crippen LogP contribution >= 0.6 is 0 Å². The summed E-state index contributed by atoms with van der Waals surface area (Å²) in [6.07, 6.45) is -0.403. The molecule has 3 heteroatoms. The number of hydrogen-bond donors (Lipinski definition) is 2. The van der Waals surface area contributed by atoms with Gasteiger partial charge in [0.25, 0.3) is 0 Å². The van der Waals surface area contributed by atoms with Gasteiger partial charge in [-0.1, -0.05) is 19.6 Å². The van der Waals surface area contributed by atoms with E-state index in [0.717, 1.165) is 28.3 Å². The third-order valence-electron chi connectivity index (χ3n) is 3.26. The molecule has 0 radical (unpaired) electrons. The van der Waals surface area contributed by atoms with E-state index >= 15 is 0 Å². The molecule has 2 nitrogen and oxygen atoms in total. The zero-order valence-corrected chi connectivity index (χ0v) is 12.8. The molecule has 1 atom stereocenters. The summed E-state index contributed by atoms with van der Waals surface area (Å²) < 4.78 is 0. The van der Waals surface area contributed by atoms with Gasteiger partial charge in [0.1, 0.15) is 5.75 Å². The van der Waals surface area contributed by atoms with Crippen molar-refractivity contribution in [1.82, 2.24) is 0 Å². The van der Waals surface area contributed by atoms with Crippen molar-refractivity contribution in [3.63, 3.8) is 0 Å². The van der Waals surface area contributed by atoms with E-state index in [-0.39, 0.29) is 0 Å². The third kappa shape index (κ3) is 3.33. The van der Waals surface area contributed by atoms with Crippen LogP contribution in [0.2, 0.25) is 25.7 Å². The first-order chi connectivity index (χ1) is 7.63. The molecular formula is C14H24O2Si. The Morgan fingerprint density at radius 2 is 1.65 bits per heavy atom. The Hall–Kier alpha value is -0.803. The second kappa shape index (κ2) is 4.82. The van der Waals surface area contributed by atoms with Crippen LogP contribution in [0.5, 0.6) is 5.75 Å². The molecule has 0 bridgehead atoms. The highest BCUT2D eigenvalue weighted by Gasteiger charge is 2.22. The van der Waals surface area contributed by atoms with Gasteiger partial charge >= 0.3 is 0 Å². The summed E-state index contributed by atoms with van der Waals surface area (Å²) in [5, 5.41) is 20.2. The number of aromatic hydroxyl groups is 1. The molecule has 0 aliphatic carbocycles. The van der Waals surface area contributed by atoms with Crippen LogP contribution in [0.1, 0.15) is 28.4 Å². The van der Waals surface area contributed by atoms with Crippen LogP contribution in [-0.2, 0) is 0 Å². The maximum Gasteiger partial charge on any atom is 0.121 e. The largest absolute Gasteiger partial charge is 0.507 e. The Labute approximate surface area is 105 Å². The lowest BCUT2D eigenvalue weighted by molar-refractivity contribution is 0.196. The molecule has 0 heterocycles. The number of benzene rings is 1. The molecule has 0 amide bonds. The van der Waals surface area contributed by atoms with E-state index < -0.39 is 14.2 Å². The Kier molecular flexibility index (Phi) is 4.05. The molecule has 1 aromatic rings. The Morgan fingerprint density at radius 3 is 2.12 bits per heavy atom. The normalized spacial score (nSPS) is 13.8. The third-order valence-corrected chi connectivity index (χ3v) is 4.87. The average molecular weight is 252 g/mol. The lowest BCUT2D eigenvalue weighted by Gasteiger charge is -2.23. The highest BCUT2D eigenvalue weighted by atomic mass is 28.3. The number of aliphatic hydroxyl groups excluding tert-OH is 1. The second-order valence-corrected chi connectivity index (χ2v) is 11.7. The van der Waals surface area contributed by atoms with Gasteiger partial charge in [-0.25, -0.2) is 0 Å². The molecule has 1 rings (SSSR count). The van der Waals surface area contributed by atoms with Crippen molar-refractivity contribution in [3.8, 4) is 5.75 Å². The predicted octanol–water partition coefficient (Wildman–Crippen LogP) is 3.69. The number of phenolic OH excluding ortho intramolecular Hbond substituents is 1. The Morgan fingerprint density at radius 1 is 1.12 bits per heavy atom. The summed E-state index contributed by atoms with van der Waals surface area (Å²) in [6, 6.07) is 2.78. The highest BCUT2D eigenvalue weighted by Crippen LogP contribution is 2.33. The topological polar surface area (TPSA) is 40.5 Å². The van der Waals surface area contributed by atoms with E-state index in [0.29, 0.717) is 5.75 Å². The van der Waals surface area contributed by atoms with Gasteiger partial charge < -0.3 is 10.2 Å². The van der Waals surface area contributed by atoms with E-state index in [4.69, 9.17) is 0 Å². The molecule has 2 N–H and O–H groups in total. The van der Waals surface area contributed by atoms with Crippen molar-refractivity contribution in [2.45, 2.75) is 52.6 Å². The van der Waals surface area contributed by atoms with E-state index in [1.54, 1.807) is 0 Å². The summed E-state index contributed by atoms with van der Waals surface area (Å²) in [5.41, 5.74) is 3.71. The summed E-state index contributed by atoms with van der Waals surface area (Å²) in [4.78, 5) is 0. The van der Waals surface area contributed by atoms with Crippen LogP contribution in [0.15, 0.2) is 6.07 Å². The number of aliphatic hydroxyl groups is 1. The fraction of sp³-hybridized carbons (Fsp3) is 0.571. The standard InChI is InChI=1S/C14H24O2Si/c1-9-7-12(10(2)11(3)14(9)16)13(15)8-17(4,5)6/h7,13,15-16H,8H2,1-6H3. The summed E-state index contributed by atoms with van der Waals surface area (Å²) in [7, 11) is -1.29. The first-order valence-electron chi connectivity index (χ1n) is 6.11. The van der Waals surface area contributed by atoms with Crippen molar-refractivity contribution in [2.75, 3.05) is 0 Å². The zero-order valence-electron chi connectivity index (χ0n) is 11.8. The molecule has 0 saturated heterocycles. The molecule has 0 spiro atoms. The van der Waals surface area contributed by atoms with Crippen molar-refractivity contribution in [1.29, 1.82) is 0 Å². The van der Waals surface area contributed by atoms with Gasteiger partial charge in [0, 0.05) is 8.07 Å². The molecule has 0 fully saturated rings. The fourth-order valence-electron chi connectivity index (χ4n) is 2.14. The van der Waals surface area contributed by atoms with Crippen molar-refractivity contribution in [2.24, 2.45) is 0 Å². The lowest BCUT2D eigenvalue weighted by Crippen LogP contribution is -2.23. The number of aryl methyl sites for hydroxylation is 1. The van der Waals surface area contributed by atoms with Gasteiger partial charge in [0.05, 0.1) is 6.10 Å². The minimum absolute atomic E-state index is 0.353. The molecule has 0 aliphatic rings. The van der Waals surface area contributed by atoms with E-state index in [9.17, 15) is 10.2 Å². The molecule has 17 heavy (non-hydrogen) atoms. The van der Waals surface area contributed by atoms with Crippen LogP contribution in [0.3, 0.4) is 0 Å². The molecule has 1 unspecified atom stereocenters. The number of hydrogen-bond acceptors (Lipinski definition) is 2. The van der Waals surface area contributed by atoms with Crippen LogP contribution in [0, 0.1) is 20.8 Å². The average Bonchev–Trinajstić information content (AvgIpc) is 2.17. The van der Waals surface area contributed by atoms with Crippen LogP contribution < -0.4 is 0 Å². The number of phenols is 1. The van der Waals surface area contributed by atoms with Gasteiger partial charge in [0.15, 0.2) is 0 Å². The second-order valence-electron chi connectivity index (χ2n) is 6.16. The maximum absolute atomic E-state index is 10.3. The van der Waals surface area contributed by atoms with Gasteiger partial charge in [-0.3, -0.25) is 0 Å². The first kappa shape index (κ1) is 14.3. The zero-order chi connectivity index (χ0) is 13.4. The predicted molar refractivity (Wildman–Crippen MR) is 75.4 cm³/mol. The SMILES string of the molecule is Cc1cc(C(O)C[Si](C)(C)C)c(C)c(C)c1O. The Balaban J connectivity index is 3.15. The van der Waals surface area contributed by atoms with Gasteiger partial charge in [-0.05, 0) is 55.1 Å². The van der Waals surface area contributed by atoms with Crippen LogP contribution in [0.4, 0.5) is 0 Å². The molecule has 0 saturated carbocycles. The molecule has 0 aliphatic heterocycles. The summed E-state index contributed by atoms with van der Waals surface area (Å²) >= 11 is 0. The summed E-state index contributed by atoms with van der Waals surface area (Å²) in [6.45, 7) is 12.5. The monoisotopic (exact) mass is 252 g/mol. The highest BCUT2D eigenvalue weighted by molar-refractivity contribution is 6.76. The van der Waals surface area contributed by atoms with E-state index in [1.807, 2.05) is 26.8 Å². The van der Waals surface area contributed by atoms with Crippen LogP contribution in [0.25, 0.3) is 0 Å². The summed E-state index contributed by atoms with van der Waals surface area (Å²) in [5.74, 6) is 0.353. The first-order valence-corrected chi connectivity index (χ1v) is 9.82. The number of rotatable bonds is 3. The molecule has 96 valence electrons. The molecule has 0 aromatic heterocycles. The fourth-order valence-corrected chi connectivity index (χ4v) is 3.52. The van der Waals surface area contributed by atoms with E-state index in [1.165, 1.54) is 0 Å². The van der Waals surface area contributed by atoms with Gasteiger partial charge in [0.2, 0.25) is 0 Å². The molecular weight excluding hydrogens is 228 g/mol. The van der Waals surface area contributed by atoms with E-state index in [2.05, 4.69) is 19.6 Å². The lowest BCUT2D eigenvalue weighted by atomic mass is 9.96. The smallest absolute Gasteiger partial charge is 0.121 e. The van der Waals surface area contributed by atoms with Crippen molar-refractivity contribution >= 4 is 8.07 Å². The van der Waals surface area contributed by atoms with Crippen molar-refractivity contribution < 1.29 is 10.2 Å². The van der Waals surface area contributed by atoms with Crippen molar-refractivity contribution in [3.05, 3.63) is 28.3 Å². The van der Waals surface area contributed by atoms with Crippen LogP contribution in [-0.4, -0.2) is 18.3 Å². The Bertz CT molecular complexity index is 419. The quantitative estimate of drug-likeness (QED) is 0.806. The minimum atomic E-state index is -1.29. The maximum atomic E-state index is 10.3. The van der Waals surface area contributed by atoms with Gasteiger partial charge in [-0.2, -0.15) is 0 Å².